The number of benzene rings is 5. The van der Waals surface area contributed by atoms with Crippen LogP contribution in [0.5, 0.6) is 0 Å². The predicted octanol–water partition coefficient (Wildman–Crippen LogP) is 7.75. The largest absolute Gasteiger partial charge is 0.309 e. The lowest BCUT2D eigenvalue weighted by Gasteiger charge is -2.13. The Hall–Kier alpha value is -4.81. The molecule has 2 aromatic heterocycles. The average Bonchev–Trinajstić information content (AvgIpc) is 3.42. The molecule has 3 nitrogen and oxygen atoms in total. The summed E-state index contributed by atoms with van der Waals surface area (Å²) in [5.41, 5.74) is 7.12. The van der Waals surface area contributed by atoms with Crippen LogP contribution in [0.4, 0.5) is 0 Å². The molecular weight excluding hydrogens is 414 g/mol. The van der Waals surface area contributed by atoms with E-state index in [4.69, 9.17) is 0 Å². The molecule has 2 heterocycles. The number of rotatable bonds is 2. The molecule has 5 aromatic carbocycles. The van der Waals surface area contributed by atoms with Gasteiger partial charge in [-0.15, -0.1) is 0 Å². The maximum Gasteiger partial charge on any atom is 0.0993 e. The fourth-order valence-corrected chi connectivity index (χ4v) is 5.32. The second-order valence-corrected chi connectivity index (χ2v) is 8.59. The molecule has 0 aliphatic heterocycles. The number of hydrogen-bond donors (Lipinski definition) is 0. The Kier molecular flexibility index (Phi) is 3.91. The smallest absolute Gasteiger partial charge is 0.0993 e. The molecule has 0 amide bonds. The SMILES string of the molecule is N#Cc1cc(-n2c3ccccc3c3ccccc32)cc(-n2c3ccccc3c3ccccc32)c1. The van der Waals surface area contributed by atoms with Gasteiger partial charge in [-0.05, 0) is 42.5 Å². The van der Waals surface area contributed by atoms with E-state index in [0.717, 1.165) is 33.4 Å². The highest BCUT2D eigenvalue weighted by molar-refractivity contribution is 6.10. The van der Waals surface area contributed by atoms with Gasteiger partial charge in [0.25, 0.3) is 0 Å². The number of hydrogen-bond acceptors (Lipinski definition) is 1. The Bertz CT molecular complexity index is 1690. The highest BCUT2D eigenvalue weighted by Gasteiger charge is 2.16. The molecule has 0 saturated carbocycles. The third-order valence-electron chi connectivity index (χ3n) is 6.71. The van der Waals surface area contributed by atoms with Crippen molar-refractivity contribution >= 4 is 43.6 Å². The molecular formula is C31H19N3. The normalized spacial score (nSPS) is 11.5. The monoisotopic (exact) mass is 433 g/mol. The van der Waals surface area contributed by atoms with Gasteiger partial charge >= 0.3 is 0 Å². The molecule has 0 aliphatic rings. The Balaban J connectivity index is 1.60. The van der Waals surface area contributed by atoms with E-state index in [1.807, 2.05) is 12.1 Å². The Labute approximate surface area is 196 Å². The quantitative estimate of drug-likeness (QED) is 0.274. The van der Waals surface area contributed by atoms with Crippen LogP contribution < -0.4 is 0 Å². The van der Waals surface area contributed by atoms with Crippen molar-refractivity contribution in [2.45, 2.75) is 0 Å². The molecule has 0 spiro atoms. The van der Waals surface area contributed by atoms with Crippen LogP contribution in [0.3, 0.4) is 0 Å². The lowest BCUT2D eigenvalue weighted by molar-refractivity contribution is 1.13. The Morgan fingerprint density at radius 3 is 1.09 bits per heavy atom. The van der Waals surface area contributed by atoms with Gasteiger partial charge in [-0.2, -0.15) is 5.26 Å². The van der Waals surface area contributed by atoms with E-state index in [0.29, 0.717) is 5.56 Å². The fourth-order valence-electron chi connectivity index (χ4n) is 5.32. The van der Waals surface area contributed by atoms with Gasteiger partial charge in [-0.3, -0.25) is 0 Å². The highest BCUT2D eigenvalue weighted by Crippen LogP contribution is 2.35. The fraction of sp³-hybridized carbons (Fsp3) is 0. The molecule has 0 fully saturated rings. The summed E-state index contributed by atoms with van der Waals surface area (Å²) in [4.78, 5) is 0. The van der Waals surface area contributed by atoms with Crippen molar-refractivity contribution in [3.8, 4) is 17.4 Å². The zero-order chi connectivity index (χ0) is 22.6. The van der Waals surface area contributed by atoms with Crippen molar-refractivity contribution in [2.75, 3.05) is 0 Å². The minimum atomic E-state index is 0.635. The molecule has 0 unspecified atom stereocenters. The first kappa shape index (κ1) is 18.7. The van der Waals surface area contributed by atoms with Gasteiger partial charge in [0, 0.05) is 32.9 Å². The van der Waals surface area contributed by atoms with E-state index in [9.17, 15) is 5.26 Å². The van der Waals surface area contributed by atoms with Crippen LogP contribution in [0.2, 0.25) is 0 Å². The number of nitriles is 1. The van der Waals surface area contributed by atoms with Crippen molar-refractivity contribution in [1.82, 2.24) is 9.13 Å². The summed E-state index contributed by atoms with van der Waals surface area (Å²) in [6, 6.07) is 42.4. The molecule has 0 radical (unpaired) electrons. The molecule has 7 aromatic rings. The zero-order valence-corrected chi connectivity index (χ0v) is 18.3. The lowest BCUT2D eigenvalue weighted by Crippen LogP contribution is -2.00. The molecule has 0 N–H and O–H groups in total. The van der Waals surface area contributed by atoms with Gasteiger partial charge < -0.3 is 9.13 Å². The summed E-state index contributed by atoms with van der Waals surface area (Å²) in [6.07, 6.45) is 0. The molecule has 7 rings (SSSR count). The lowest BCUT2D eigenvalue weighted by atomic mass is 10.1. The molecule has 158 valence electrons. The van der Waals surface area contributed by atoms with E-state index < -0.39 is 0 Å². The van der Waals surface area contributed by atoms with Crippen LogP contribution >= 0.6 is 0 Å². The summed E-state index contributed by atoms with van der Waals surface area (Å²) in [5.74, 6) is 0. The topological polar surface area (TPSA) is 33.6 Å². The maximum absolute atomic E-state index is 9.97. The van der Waals surface area contributed by atoms with Crippen LogP contribution in [-0.2, 0) is 0 Å². The van der Waals surface area contributed by atoms with Crippen molar-refractivity contribution in [3.05, 3.63) is 121 Å². The number of para-hydroxylation sites is 4. The summed E-state index contributed by atoms with van der Waals surface area (Å²) in [6.45, 7) is 0. The Morgan fingerprint density at radius 1 is 0.441 bits per heavy atom. The average molecular weight is 434 g/mol. The first-order valence-corrected chi connectivity index (χ1v) is 11.4. The van der Waals surface area contributed by atoms with Crippen molar-refractivity contribution in [2.24, 2.45) is 0 Å². The van der Waals surface area contributed by atoms with Gasteiger partial charge in [0.2, 0.25) is 0 Å². The van der Waals surface area contributed by atoms with Gasteiger partial charge in [0.1, 0.15) is 0 Å². The van der Waals surface area contributed by atoms with E-state index >= 15 is 0 Å². The molecule has 3 heteroatoms. The third kappa shape index (κ3) is 2.57. The first-order valence-electron chi connectivity index (χ1n) is 11.4. The highest BCUT2D eigenvalue weighted by atomic mass is 15.0. The van der Waals surface area contributed by atoms with E-state index in [2.05, 4.69) is 118 Å². The van der Waals surface area contributed by atoms with Gasteiger partial charge in [0.15, 0.2) is 0 Å². The number of nitrogens with zero attached hydrogens (tertiary/aromatic N) is 3. The Morgan fingerprint density at radius 2 is 0.765 bits per heavy atom. The molecule has 34 heavy (non-hydrogen) atoms. The van der Waals surface area contributed by atoms with Crippen molar-refractivity contribution < 1.29 is 0 Å². The van der Waals surface area contributed by atoms with Crippen LogP contribution in [0, 0.1) is 11.3 Å². The van der Waals surface area contributed by atoms with Crippen molar-refractivity contribution in [1.29, 1.82) is 5.26 Å². The van der Waals surface area contributed by atoms with E-state index in [1.165, 1.54) is 21.5 Å². The first-order chi connectivity index (χ1) is 16.8. The molecule has 0 aliphatic carbocycles. The van der Waals surface area contributed by atoms with Crippen LogP contribution in [0.25, 0.3) is 55.0 Å². The predicted molar refractivity (Wildman–Crippen MR) is 140 cm³/mol. The second-order valence-electron chi connectivity index (χ2n) is 8.59. The second kappa shape index (κ2) is 7.10. The molecule has 0 saturated heterocycles. The van der Waals surface area contributed by atoms with Crippen LogP contribution in [0.15, 0.2) is 115 Å². The van der Waals surface area contributed by atoms with Crippen LogP contribution in [0.1, 0.15) is 5.56 Å². The van der Waals surface area contributed by atoms with Crippen LogP contribution in [-0.4, -0.2) is 9.13 Å². The van der Waals surface area contributed by atoms with E-state index in [1.54, 1.807) is 0 Å². The molecule has 0 atom stereocenters. The maximum atomic E-state index is 9.97. The minimum Gasteiger partial charge on any atom is -0.309 e. The summed E-state index contributed by atoms with van der Waals surface area (Å²) in [5, 5.41) is 14.8. The zero-order valence-electron chi connectivity index (χ0n) is 18.3. The van der Waals surface area contributed by atoms with E-state index in [-0.39, 0.29) is 0 Å². The van der Waals surface area contributed by atoms with Gasteiger partial charge in [0.05, 0.1) is 33.7 Å². The summed E-state index contributed by atoms with van der Waals surface area (Å²) in [7, 11) is 0. The minimum absolute atomic E-state index is 0.635. The number of fused-ring (bicyclic) bond motifs is 6. The van der Waals surface area contributed by atoms with Gasteiger partial charge in [-0.1, -0.05) is 72.8 Å². The van der Waals surface area contributed by atoms with Crippen molar-refractivity contribution in [3.63, 3.8) is 0 Å². The summed E-state index contributed by atoms with van der Waals surface area (Å²) < 4.78 is 4.53. The number of aromatic nitrogens is 2. The summed E-state index contributed by atoms with van der Waals surface area (Å²) >= 11 is 0. The molecule has 0 bridgehead atoms. The van der Waals surface area contributed by atoms with Gasteiger partial charge in [-0.25, -0.2) is 0 Å². The third-order valence-corrected chi connectivity index (χ3v) is 6.71. The standard InChI is InChI=1S/C31H19N3/c32-20-21-17-22(33-28-13-5-1-9-24(28)25-10-2-6-14-29(25)33)19-23(18-21)34-30-15-7-3-11-26(30)27-12-4-8-16-31(27)34/h1-19H.